The fraction of sp³-hybridized carbons (Fsp3) is 0.133. The third kappa shape index (κ3) is 4.58. The van der Waals surface area contributed by atoms with Crippen LogP contribution in [0, 0.1) is 17.0 Å². The first-order valence-corrected chi connectivity index (χ1v) is 7.25. The summed E-state index contributed by atoms with van der Waals surface area (Å²) in [6.07, 6.45) is 0. The lowest BCUT2D eigenvalue weighted by molar-refractivity contribution is -0.384. The number of ether oxygens (including phenoxy) is 1. The molecule has 0 spiro atoms. The number of hydrogen-bond acceptors (Lipinski definition) is 4. The molecule has 120 valence electrons. The zero-order valence-electron chi connectivity index (χ0n) is 12.0. The van der Waals surface area contributed by atoms with E-state index in [4.69, 9.17) is 27.9 Å². The van der Waals surface area contributed by atoms with Crippen molar-refractivity contribution < 1.29 is 14.5 Å². The molecule has 0 aliphatic carbocycles. The molecule has 0 atom stereocenters. The fourth-order valence-electron chi connectivity index (χ4n) is 1.78. The van der Waals surface area contributed by atoms with E-state index in [0.29, 0.717) is 10.7 Å². The van der Waals surface area contributed by atoms with Crippen LogP contribution in [0.3, 0.4) is 0 Å². The number of non-ortho nitro benzene ring substituents is 1. The van der Waals surface area contributed by atoms with Crippen LogP contribution in [0.15, 0.2) is 36.4 Å². The molecule has 2 aromatic rings. The predicted octanol–water partition coefficient (Wildman–Crippen LogP) is 4.23. The van der Waals surface area contributed by atoms with Gasteiger partial charge in [0.1, 0.15) is 5.75 Å². The highest BCUT2D eigenvalue weighted by molar-refractivity contribution is 6.32. The second-order valence-corrected chi connectivity index (χ2v) is 5.51. The van der Waals surface area contributed by atoms with Gasteiger partial charge in [-0.1, -0.05) is 29.3 Å². The van der Waals surface area contributed by atoms with Crippen LogP contribution in [-0.2, 0) is 4.79 Å². The maximum absolute atomic E-state index is 11.9. The number of hydrogen-bond donors (Lipinski definition) is 1. The number of nitrogens with zero attached hydrogens (tertiary/aromatic N) is 1. The van der Waals surface area contributed by atoms with Gasteiger partial charge in [-0.25, -0.2) is 0 Å². The monoisotopic (exact) mass is 354 g/mol. The van der Waals surface area contributed by atoms with Crippen molar-refractivity contribution in [1.82, 2.24) is 0 Å². The molecule has 0 radical (unpaired) electrons. The maximum atomic E-state index is 11.9. The first-order chi connectivity index (χ1) is 10.9. The van der Waals surface area contributed by atoms with E-state index in [1.165, 1.54) is 12.1 Å². The summed E-state index contributed by atoms with van der Waals surface area (Å²) in [6.45, 7) is 1.55. The summed E-state index contributed by atoms with van der Waals surface area (Å²) in [7, 11) is 0. The Kier molecular flexibility index (Phi) is 5.41. The van der Waals surface area contributed by atoms with Crippen molar-refractivity contribution in [3.8, 4) is 5.75 Å². The zero-order valence-corrected chi connectivity index (χ0v) is 13.5. The number of benzene rings is 2. The number of nitro benzene ring substituents is 1. The van der Waals surface area contributed by atoms with Crippen LogP contribution >= 0.6 is 23.2 Å². The van der Waals surface area contributed by atoms with Gasteiger partial charge < -0.3 is 10.1 Å². The first kappa shape index (κ1) is 17.1. The van der Waals surface area contributed by atoms with Gasteiger partial charge in [-0.3, -0.25) is 14.9 Å². The highest BCUT2D eigenvalue weighted by atomic mass is 35.5. The molecule has 0 aromatic heterocycles. The summed E-state index contributed by atoms with van der Waals surface area (Å²) in [5, 5.41) is 13.9. The molecular weight excluding hydrogens is 343 g/mol. The number of nitrogens with one attached hydrogen (secondary N) is 1. The number of anilines is 1. The van der Waals surface area contributed by atoms with Crippen LogP contribution < -0.4 is 10.1 Å². The fourth-order valence-corrected chi connectivity index (χ4v) is 2.18. The van der Waals surface area contributed by atoms with Gasteiger partial charge in [0.05, 0.1) is 9.95 Å². The van der Waals surface area contributed by atoms with Gasteiger partial charge in [0.15, 0.2) is 6.61 Å². The quantitative estimate of drug-likeness (QED) is 0.643. The lowest BCUT2D eigenvalue weighted by atomic mass is 10.2. The van der Waals surface area contributed by atoms with Gasteiger partial charge in [-0.05, 0) is 30.7 Å². The van der Waals surface area contributed by atoms with Crippen LogP contribution in [0.4, 0.5) is 11.4 Å². The standard InChI is InChI=1S/C15H12Cl2N2O4/c1-9-2-3-10(16)6-13(9)18-15(20)8-23-14-5-4-11(19(21)22)7-12(14)17/h2-7H,8H2,1H3,(H,18,20). The second-order valence-electron chi connectivity index (χ2n) is 4.67. The van der Waals surface area contributed by atoms with E-state index in [9.17, 15) is 14.9 Å². The summed E-state index contributed by atoms with van der Waals surface area (Å²) in [5.41, 5.74) is 1.29. The molecule has 0 aliphatic rings. The summed E-state index contributed by atoms with van der Waals surface area (Å²) < 4.78 is 5.28. The van der Waals surface area contributed by atoms with Crippen LogP contribution in [-0.4, -0.2) is 17.4 Å². The molecule has 0 fully saturated rings. The van der Waals surface area contributed by atoms with Gasteiger partial charge >= 0.3 is 0 Å². The molecule has 0 heterocycles. The topological polar surface area (TPSA) is 81.5 Å². The van der Waals surface area contributed by atoms with Crippen molar-refractivity contribution in [3.05, 3.63) is 62.1 Å². The summed E-state index contributed by atoms with van der Waals surface area (Å²) >= 11 is 11.8. The molecular formula is C15H12Cl2N2O4. The van der Waals surface area contributed by atoms with Crippen LogP contribution in [0.25, 0.3) is 0 Å². The Morgan fingerprint density at radius 3 is 2.65 bits per heavy atom. The average molecular weight is 355 g/mol. The average Bonchev–Trinajstić information content (AvgIpc) is 2.49. The largest absolute Gasteiger partial charge is 0.482 e. The number of halogens is 2. The second kappa shape index (κ2) is 7.30. The Hall–Kier alpha value is -2.31. The summed E-state index contributed by atoms with van der Waals surface area (Å²) in [4.78, 5) is 22.0. The molecule has 23 heavy (non-hydrogen) atoms. The Balaban J connectivity index is 1.99. The number of amides is 1. The Bertz CT molecular complexity index is 765. The van der Waals surface area contributed by atoms with Crippen molar-refractivity contribution in [2.75, 3.05) is 11.9 Å². The Labute approximate surface area is 142 Å². The van der Waals surface area contributed by atoms with Gasteiger partial charge in [0.2, 0.25) is 0 Å². The van der Waals surface area contributed by atoms with E-state index in [-0.39, 0.29) is 23.1 Å². The van der Waals surface area contributed by atoms with Crippen LogP contribution in [0.1, 0.15) is 5.56 Å². The van der Waals surface area contributed by atoms with Crippen molar-refractivity contribution in [1.29, 1.82) is 0 Å². The smallest absolute Gasteiger partial charge is 0.271 e. The van der Waals surface area contributed by atoms with Gasteiger partial charge in [0.25, 0.3) is 11.6 Å². The highest BCUT2D eigenvalue weighted by Crippen LogP contribution is 2.28. The maximum Gasteiger partial charge on any atom is 0.271 e. The minimum atomic E-state index is -0.565. The van der Waals surface area contributed by atoms with E-state index < -0.39 is 10.8 Å². The molecule has 1 N–H and O–H groups in total. The highest BCUT2D eigenvalue weighted by Gasteiger charge is 2.12. The van der Waals surface area contributed by atoms with E-state index >= 15 is 0 Å². The van der Waals surface area contributed by atoms with Gasteiger partial charge in [-0.15, -0.1) is 0 Å². The van der Waals surface area contributed by atoms with E-state index in [0.717, 1.165) is 11.6 Å². The van der Waals surface area contributed by atoms with Crippen molar-refractivity contribution in [2.45, 2.75) is 6.92 Å². The lowest BCUT2D eigenvalue weighted by Crippen LogP contribution is -2.20. The SMILES string of the molecule is Cc1ccc(Cl)cc1NC(=O)COc1ccc([N+](=O)[O-])cc1Cl. The third-order valence-corrected chi connectivity index (χ3v) is 3.49. The molecule has 0 saturated heterocycles. The molecule has 0 unspecified atom stereocenters. The molecule has 0 bridgehead atoms. The number of carbonyl (C=O) groups is 1. The minimum Gasteiger partial charge on any atom is -0.482 e. The van der Waals surface area contributed by atoms with Crippen molar-refractivity contribution in [2.24, 2.45) is 0 Å². The number of carbonyl (C=O) groups excluding carboxylic acids is 1. The van der Waals surface area contributed by atoms with Crippen LogP contribution in [0.2, 0.25) is 10.0 Å². The number of aryl methyl sites for hydroxylation is 1. The van der Waals surface area contributed by atoms with E-state index in [1.807, 2.05) is 6.92 Å². The normalized spacial score (nSPS) is 10.2. The van der Waals surface area contributed by atoms with Crippen LogP contribution in [0.5, 0.6) is 5.75 Å². The minimum absolute atomic E-state index is 0.0611. The van der Waals surface area contributed by atoms with E-state index in [2.05, 4.69) is 5.32 Å². The molecule has 2 aromatic carbocycles. The van der Waals surface area contributed by atoms with Gasteiger partial charge in [-0.2, -0.15) is 0 Å². The van der Waals surface area contributed by atoms with Crippen molar-refractivity contribution in [3.63, 3.8) is 0 Å². The lowest BCUT2D eigenvalue weighted by Gasteiger charge is -2.10. The summed E-state index contributed by atoms with van der Waals surface area (Å²) in [5.74, 6) is -0.208. The summed E-state index contributed by atoms with van der Waals surface area (Å²) in [6, 6.07) is 8.90. The Morgan fingerprint density at radius 2 is 2.00 bits per heavy atom. The predicted molar refractivity (Wildman–Crippen MR) is 88.4 cm³/mol. The molecule has 0 saturated carbocycles. The van der Waals surface area contributed by atoms with Crippen molar-refractivity contribution >= 4 is 40.5 Å². The molecule has 0 aliphatic heterocycles. The molecule has 8 heteroatoms. The van der Waals surface area contributed by atoms with Gasteiger partial charge in [0, 0.05) is 22.8 Å². The first-order valence-electron chi connectivity index (χ1n) is 6.49. The zero-order chi connectivity index (χ0) is 17.0. The molecule has 2 rings (SSSR count). The number of nitro groups is 1. The molecule has 6 nitrogen and oxygen atoms in total. The van der Waals surface area contributed by atoms with E-state index in [1.54, 1.807) is 18.2 Å². The number of rotatable bonds is 5. The Morgan fingerprint density at radius 1 is 1.26 bits per heavy atom. The third-order valence-electron chi connectivity index (χ3n) is 2.96. The molecule has 1 amide bonds.